The van der Waals surface area contributed by atoms with Crippen molar-refractivity contribution in [2.75, 3.05) is 20.2 Å². The predicted octanol–water partition coefficient (Wildman–Crippen LogP) is 1.46. The second-order valence-electron chi connectivity index (χ2n) is 4.58. The van der Waals surface area contributed by atoms with E-state index in [2.05, 4.69) is 25.7 Å². The second kappa shape index (κ2) is 10.0. The topological polar surface area (TPSA) is 76.4 Å². The van der Waals surface area contributed by atoms with Crippen LogP contribution in [0.15, 0.2) is 29.5 Å². The fourth-order valence-corrected chi connectivity index (χ4v) is 1.77. The van der Waals surface area contributed by atoms with E-state index in [1.165, 1.54) is 12.4 Å². The Kier molecular flexibility index (Phi) is 8.36. The summed E-state index contributed by atoms with van der Waals surface area (Å²) in [5, 5.41) is 10.1. The van der Waals surface area contributed by atoms with Gasteiger partial charge >= 0.3 is 0 Å². The Morgan fingerprint density at radius 3 is 2.71 bits per heavy atom. The van der Waals surface area contributed by atoms with Gasteiger partial charge in [0.15, 0.2) is 17.6 Å². The number of benzene rings is 1. The quantitative estimate of drug-likeness (QED) is 0.301. The fourth-order valence-electron chi connectivity index (χ4n) is 1.77. The molecule has 0 fully saturated rings. The molecule has 0 atom stereocenters. The normalized spacial score (nSPS) is 10.9. The van der Waals surface area contributed by atoms with Gasteiger partial charge in [-0.2, -0.15) is 5.10 Å². The van der Waals surface area contributed by atoms with Gasteiger partial charge in [-0.3, -0.25) is 9.67 Å². The van der Waals surface area contributed by atoms with Crippen molar-refractivity contribution in [3.8, 4) is 5.75 Å². The molecule has 0 aliphatic rings. The van der Waals surface area contributed by atoms with E-state index in [0.717, 1.165) is 18.0 Å². The molecule has 24 heavy (non-hydrogen) atoms. The number of aromatic nitrogens is 3. The maximum atomic E-state index is 13.0. The molecule has 7 nitrogen and oxygen atoms in total. The van der Waals surface area contributed by atoms with Gasteiger partial charge in [0.05, 0.1) is 13.1 Å². The molecule has 0 saturated heterocycles. The van der Waals surface area contributed by atoms with Crippen LogP contribution in [0.1, 0.15) is 5.82 Å². The molecule has 0 spiro atoms. The van der Waals surface area contributed by atoms with Crippen LogP contribution in [0.3, 0.4) is 0 Å². The van der Waals surface area contributed by atoms with E-state index < -0.39 is 11.6 Å². The maximum Gasteiger partial charge on any atom is 0.191 e. The predicted molar refractivity (Wildman–Crippen MR) is 96.5 cm³/mol. The van der Waals surface area contributed by atoms with E-state index in [9.17, 15) is 8.78 Å². The summed E-state index contributed by atoms with van der Waals surface area (Å²) in [7, 11) is 3.44. The average molecular weight is 452 g/mol. The number of aryl methyl sites for hydroxylation is 1. The van der Waals surface area contributed by atoms with Crippen LogP contribution in [-0.2, 0) is 13.6 Å². The van der Waals surface area contributed by atoms with Gasteiger partial charge in [-0.05, 0) is 12.1 Å². The molecule has 2 N–H and O–H groups in total. The van der Waals surface area contributed by atoms with E-state index in [0.29, 0.717) is 19.0 Å². The molecule has 10 heteroatoms. The number of halogens is 3. The van der Waals surface area contributed by atoms with Crippen molar-refractivity contribution in [2.45, 2.75) is 6.54 Å². The number of rotatable bonds is 6. The first kappa shape index (κ1) is 20.1. The lowest BCUT2D eigenvalue weighted by molar-refractivity contribution is 0.318. The monoisotopic (exact) mass is 452 g/mol. The molecule has 1 aromatic heterocycles. The second-order valence-corrected chi connectivity index (χ2v) is 4.58. The van der Waals surface area contributed by atoms with Crippen LogP contribution < -0.4 is 15.4 Å². The summed E-state index contributed by atoms with van der Waals surface area (Å²) >= 11 is 0. The molecule has 0 saturated carbocycles. The van der Waals surface area contributed by atoms with Crippen molar-refractivity contribution in [3.05, 3.63) is 42.0 Å². The minimum Gasteiger partial charge on any atom is -0.492 e. The van der Waals surface area contributed by atoms with Crippen molar-refractivity contribution < 1.29 is 13.5 Å². The fraction of sp³-hybridized carbons (Fsp3) is 0.357. The number of hydrogen-bond acceptors (Lipinski definition) is 4. The smallest absolute Gasteiger partial charge is 0.191 e. The molecule has 2 aromatic rings. The van der Waals surface area contributed by atoms with Crippen LogP contribution in [0.5, 0.6) is 5.75 Å². The molecule has 1 aromatic carbocycles. The highest BCUT2D eigenvalue weighted by Gasteiger charge is 2.04. The van der Waals surface area contributed by atoms with Gasteiger partial charge in [-0.25, -0.2) is 13.8 Å². The summed E-state index contributed by atoms with van der Waals surface area (Å²) in [5.41, 5.74) is 0. The average Bonchev–Trinajstić information content (AvgIpc) is 2.95. The van der Waals surface area contributed by atoms with Crippen molar-refractivity contribution in [1.29, 1.82) is 0 Å². The molecule has 2 rings (SSSR count). The lowest BCUT2D eigenvalue weighted by Gasteiger charge is -2.12. The van der Waals surface area contributed by atoms with E-state index in [1.807, 2.05) is 0 Å². The minimum atomic E-state index is -0.934. The highest BCUT2D eigenvalue weighted by atomic mass is 127. The Hall–Kier alpha value is -1.98. The van der Waals surface area contributed by atoms with Crippen LogP contribution in [-0.4, -0.2) is 40.9 Å². The number of guanidine groups is 1. The molecule has 1 heterocycles. The van der Waals surface area contributed by atoms with Crippen molar-refractivity contribution in [3.63, 3.8) is 0 Å². The van der Waals surface area contributed by atoms with Crippen molar-refractivity contribution in [1.82, 2.24) is 25.4 Å². The van der Waals surface area contributed by atoms with Crippen LogP contribution >= 0.6 is 24.0 Å². The van der Waals surface area contributed by atoms with E-state index in [-0.39, 0.29) is 36.3 Å². The Morgan fingerprint density at radius 1 is 1.29 bits per heavy atom. The lowest BCUT2D eigenvalue weighted by atomic mass is 10.3. The SMILES string of the molecule is CN=C(NCCOc1ccc(F)c(F)c1)NCc1ncnn1C.I. The molecule has 0 radical (unpaired) electrons. The summed E-state index contributed by atoms with van der Waals surface area (Å²) in [6.45, 7) is 1.19. The van der Waals surface area contributed by atoms with Gasteiger partial charge in [0.25, 0.3) is 0 Å². The Bertz CT molecular complexity index is 679. The third kappa shape index (κ3) is 5.91. The van der Waals surface area contributed by atoms with Crippen LogP contribution in [0.25, 0.3) is 0 Å². The van der Waals surface area contributed by atoms with Crippen molar-refractivity contribution >= 4 is 29.9 Å². The zero-order valence-corrected chi connectivity index (χ0v) is 15.6. The van der Waals surface area contributed by atoms with Gasteiger partial charge in [-0.1, -0.05) is 0 Å². The first-order chi connectivity index (χ1) is 11.1. The molecule has 0 unspecified atom stereocenters. The highest BCUT2D eigenvalue weighted by molar-refractivity contribution is 14.0. The van der Waals surface area contributed by atoms with Gasteiger partial charge in [0, 0.05) is 20.2 Å². The minimum absolute atomic E-state index is 0. The van der Waals surface area contributed by atoms with Gasteiger partial charge in [-0.15, -0.1) is 24.0 Å². The zero-order valence-electron chi connectivity index (χ0n) is 13.3. The summed E-state index contributed by atoms with van der Waals surface area (Å²) in [6, 6.07) is 3.41. The van der Waals surface area contributed by atoms with Crippen LogP contribution in [0, 0.1) is 11.6 Å². The number of ether oxygens (including phenoxy) is 1. The van der Waals surface area contributed by atoms with E-state index in [1.54, 1.807) is 18.8 Å². The lowest BCUT2D eigenvalue weighted by Crippen LogP contribution is -2.39. The first-order valence-electron chi connectivity index (χ1n) is 6.95. The number of nitrogens with one attached hydrogen (secondary N) is 2. The van der Waals surface area contributed by atoms with E-state index >= 15 is 0 Å². The molecule has 0 amide bonds. The maximum absolute atomic E-state index is 13.0. The van der Waals surface area contributed by atoms with Gasteiger partial charge < -0.3 is 15.4 Å². The largest absolute Gasteiger partial charge is 0.492 e. The molecule has 0 aliphatic carbocycles. The number of hydrogen-bond donors (Lipinski definition) is 2. The summed E-state index contributed by atoms with van der Waals surface area (Å²) in [4.78, 5) is 8.15. The van der Waals surface area contributed by atoms with Crippen LogP contribution in [0.4, 0.5) is 8.78 Å². The number of aliphatic imine (C=N–C) groups is 1. The third-order valence-corrected chi connectivity index (χ3v) is 3.00. The Labute approximate surface area is 155 Å². The Morgan fingerprint density at radius 2 is 2.08 bits per heavy atom. The standard InChI is InChI=1S/C14H18F2N6O.HI/c1-17-14(19-8-13-20-9-21-22(13)2)18-5-6-23-10-3-4-11(15)12(16)7-10;/h3-4,7,9H,5-6,8H2,1-2H3,(H2,17,18,19);1H. The molecule has 0 bridgehead atoms. The number of nitrogens with zero attached hydrogens (tertiary/aromatic N) is 4. The third-order valence-electron chi connectivity index (χ3n) is 3.00. The summed E-state index contributed by atoms with van der Waals surface area (Å²) in [6.07, 6.45) is 1.48. The summed E-state index contributed by atoms with van der Waals surface area (Å²) < 4.78 is 32.8. The van der Waals surface area contributed by atoms with Gasteiger partial charge in [0.2, 0.25) is 0 Å². The van der Waals surface area contributed by atoms with Crippen LogP contribution in [0.2, 0.25) is 0 Å². The molecule has 0 aliphatic heterocycles. The van der Waals surface area contributed by atoms with Gasteiger partial charge in [0.1, 0.15) is 24.5 Å². The van der Waals surface area contributed by atoms with Crippen molar-refractivity contribution in [2.24, 2.45) is 12.0 Å². The highest BCUT2D eigenvalue weighted by Crippen LogP contribution is 2.14. The summed E-state index contributed by atoms with van der Waals surface area (Å²) in [5.74, 6) is -0.221. The molecular formula is C14H19F2IN6O. The zero-order chi connectivity index (χ0) is 16.7. The molecule has 132 valence electrons. The first-order valence-corrected chi connectivity index (χ1v) is 6.95. The van der Waals surface area contributed by atoms with E-state index in [4.69, 9.17) is 4.74 Å². The molecular weight excluding hydrogens is 433 g/mol. The Balaban J connectivity index is 0.00000288.